The summed E-state index contributed by atoms with van der Waals surface area (Å²) in [5, 5.41) is 4.82. The number of fused-ring (bicyclic) bond motifs is 1. The first-order valence-corrected chi connectivity index (χ1v) is 8.10. The second-order valence-corrected chi connectivity index (χ2v) is 6.28. The minimum atomic E-state index is 0.572. The summed E-state index contributed by atoms with van der Waals surface area (Å²) in [5.74, 6) is 0. The fourth-order valence-corrected chi connectivity index (χ4v) is 3.21. The summed E-state index contributed by atoms with van der Waals surface area (Å²) in [5.41, 5.74) is 2.37. The number of benzene rings is 1. The molecule has 0 saturated carbocycles. The van der Waals surface area contributed by atoms with Crippen LogP contribution in [0.15, 0.2) is 34.9 Å². The fourth-order valence-electron chi connectivity index (χ4n) is 2.86. The lowest BCUT2D eigenvalue weighted by molar-refractivity contribution is 0.529. The SMILES string of the molecule is CCC1CN(c2cccc3cc(Br)cnc23)CCCN1. The number of rotatable bonds is 2. The van der Waals surface area contributed by atoms with Crippen LogP contribution in [0.25, 0.3) is 10.9 Å². The summed E-state index contributed by atoms with van der Waals surface area (Å²) in [4.78, 5) is 7.11. The molecule has 1 unspecified atom stereocenters. The summed E-state index contributed by atoms with van der Waals surface area (Å²) in [7, 11) is 0. The van der Waals surface area contributed by atoms with Gasteiger partial charge in [0, 0.05) is 35.2 Å². The van der Waals surface area contributed by atoms with E-state index in [9.17, 15) is 0 Å². The summed E-state index contributed by atoms with van der Waals surface area (Å²) in [6.07, 6.45) is 4.24. The average Bonchev–Trinajstić information content (AvgIpc) is 2.71. The van der Waals surface area contributed by atoms with Gasteiger partial charge in [0.25, 0.3) is 0 Å². The highest BCUT2D eigenvalue weighted by Gasteiger charge is 2.18. The molecule has 1 aliphatic heterocycles. The van der Waals surface area contributed by atoms with Crippen LogP contribution in [0, 0.1) is 0 Å². The molecule has 1 aromatic carbocycles. The Morgan fingerprint density at radius 2 is 2.35 bits per heavy atom. The van der Waals surface area contributed by atoms with E-state index < -0.39 is 0 Å². The van der Waals surface area contributed by atoms with Gasteiger partial charge in [0.2, 0.25) is 0 Å². The van der Waals surface area contributed by atoms with Crippen LogP contribution in [0.4, 0.5) is 5.69 Å². The zero-order valence-electron chi connectivity index (χ0n) is 11.8. The van der Waals surface area contributed by atoms with Gasteiger partial charge in [-0.05, 0) is 47.4 Å². The Bertz CT molecular complexity index is 599. The average molecular weight is 334 g/mol. The number of nitrogens with zero attached hydrogens (tertiary/aromatic N) is 2. The number of hydrogen-bond donors (Lipinski definition) is 1. The third-order valence-electron chi connectivity index (χ3n) is 3.97. The predicted molar refractivity (Wildman–Crippen MR) is 88.4 cm³/mol. The highest BCUT2D eigenvalue weighted by molar-refractivity contribution is 9.10. The van der Waals surface area contributed by atoms with Gasteiger partial charge in [-0.25, -0.2) is 0 Å². The molecule has 0 radical (unpaired) electrons. The second kappa shape index (κ2) is 6.10. The van der Waals surface area contributed by atoms with E-state index in [2.05, 4.69) is 62.3 Å². The number of nitrogens with one attached hydrogen (secondary N) is 1. The Kier molecular flexibility index (Phi) is 4.22. The van der Waals surface area contributed by atoms with Gasteiger partial charge in [-0.2, -0.15) is 0 Å². The van der Waals surface area contributed by atoms with Crippen LogP contribution < -0.4 is 10.2 Å². The second-order valence-electron chi connectivity index (χ2n) is 5.36. The zero-order chi connectivity index (χ0) is 13.9. The monoisotopic (exact) mass is 333 g/mol. The van der Waals surface area contributed by atoms with Crippen LogP contribution in [0.5, 0.6) is 0 Å². The highest BCUT2D eigenvalue weighted by Crippen LogP contribution is 2.27. The molecule has 2 heterocycles. The van der Waals surface area contributed by atoms with Crippen molar-refractivity contribution >= 4 is 32.5 Å². The lowest BCUT2D eigenvalue weighted by Crippen LogP contribution is -2.37. The largest absolute Gasteiger partial charge is 0.368 e. The Morgan fingerprint density at radius 3 is 3.20 bits per heavy atom. The highest BCUT2D eigenvalue weighted by atomic mass is 79.9. The molecule has 0 aliphatic carbocycles. The van der Waals surface area contributed by atoms with E-state index in [-0.39, 0.29) is 0 Å². The van der Waals surface area contributed by atoms with Crippen molar-refractivity contribution in [3.05, 3.63) is 34.9 Å². The maximum atomic E-state index is 4.63. The van der Waals surface area contributed by atoms with Crippen LogP contribution in [0.1, 0.15) is 19.8 Å². The molecule has 3 rings (SSSR count). The lowest BCUT2D eigenvalue weighted by atomic mass is 10.1. The summed E-state index contributed by atoms with van der Waals surface area (Å²) >= 11 is 3.50. The van der Waals surface area contributed by atoms with E-state index in [4.69, 9.17) is 0 Å². The molecule has 1 N–H and O–H groups in total. The van der Waals surface area contributed by atoms with Crippen molar-refractivity contribution in [2.75, 3.05) is 24.5 Å². The minimum absolute atomic E-state index is 0.572. The number of aromatic nitrogens is 1. The molecular weight excluding hydrogens is 314 g/mol. The first kappa shape index (κ1) is 13.8. The van der Waals surface area contributed by atoms with Crippen LogP contribution in [-0.2, 0) is 0 Å². The van der Waals surface area contributed by atoms with Crippen molar-refractivity contribution in [3.63, 3.8) is 0 Å². The molecule has 0 spiro atoms. The van der Waals surface area contributed by atoms with Crippen LogP contribution in [0.2, 0.25) is 0 Å². The normalized spacial score (nSPS) is 20.1. The fraction of sp³-hybridized carbons (Fsp3) is 0.438. The van der Waals surface area contributed by atoms with E-state index in [0.717, 1.165) is 29.6 Å². The molecule has 0 bridgehead atoms. The van der Waals surface area contributed by atoms with Crippen molar-refractivity contribution in [1.82, 2.24) is 10.3 Å². The van der Waals surface area contributed by atoms with E-state index in [1.807, 2.05) is 6.20 Å². The quantitative estimate of drug-likeness (QED) is 0.910. The zero-order valence-corrected chi connectivity index (χ0v) is 13.4. The summed E-state index contributed by atoms with van der Waals surface area (Å²) < 4.78 is 1.03. The van der Waals surface area contributed by atoms with E-state index in [1.165, 1.54) is 23.9 Å². The van der Waals surface area contributed by atoms with Gasteiger partial charge in [0.1, 0.15) is 0 Å². The molecule has 106 valence electrons. The lowest BCUT2D eigenvalue weighted by Gasteiger charge is -2.26. The van der Waals surface area contributed by atoms with E-state index >= 15 is 0 Å². The van der Waals surface area contributed by atoms with E-state index in [0.29, 0.717) is 6.04 Å². The van der Waals surface area contributed by atoms with Crippen LogP contribution in [0.3, 0.4) is 0 Å². The Labute approximate surface area is 128 Å². The molecule has 1 atom stereocenters. The van der Waals surface area contributed by atoms with Gasteiger partial charge < -0.3 is 10.2 Å². The third-order valence-corrected chi connectivity index (χ3v) is 4.40. The Morgan fingerprint density at radius 1 is 1.45 bits per heavy atom. The van der Waals surface area contributed by atoms with Crippen molar-refractivity contribution in [1.29, 1.82) is 0 Å². The molecule has 4 heteroatoms. The number of hydrogen-bond acceptors (Lipinski definition) is 3. The number of para-hydroxylation sites is 1. The molecule has 20 heavy (non-hydrogen) atoms. The van der Waals surface area contributed by atoms with Crippen molar-refractivity contribution in [3.8, 4) is 0 Å². The van der Waals surface area contributed by atoms with Crippen LogP contribution in [-0.4, -0.2) is 30.7 Å². The number of pyridine rings is 1. The van der Waals surface area contributed by atoms with Gasteiger partial charge in [-0.15, -0.1) is 0 Å². The Hall–Kier alpha value is -1.13. The summed E-state index contributed by atoms with van der Waals surface area (Å²) in [6, 6.07) is 9.17. The first-order chi connectivity index (χ1) is 9.78. The Balaban J connectivity index is 2.00. The molecule has 3 nitrogen and oxygen atoms in total. The van der Waals surface area contributed by atoms with Gasteiger partial charge in [-0.3, -0.25) is 4.98 Å². The topological polar surface area (TPSA) is 28.2 Å². The number of anilines is 1. The standard InChI is InChI=1S/C16H20BrN3/c1-2-14-11-20(8-4-7-18-14)15-6-3-5-12-9-13(17)10-19-16(12)15/h3,5-6,9-10,14,18H,2,4,7-8,11H2,1H3. The minimum Gasteiger partial charge on any atom is -0.368 e. The molecule has 1 aromatic heterocycles. The van der Waals surface area contributed by atoms with Crippen molar-refractivity contribution in [2.45, 2.75) is 25.8 Å². The molecule has 1 saturated heterocycles. The van der Waals surface area contributed by atoms with Gasteiger partial charge >= 0.3 is 0 Å². The number of halogens is 1. The maximum Gasteiger partial charge on any atom is 0.0936 e. The van der Waals surface area contributed by atoms with Crippen molar-refractivity contribution in [2.24, 2.45) is 0 Å². The van der Waals surface area contributed by atoms with E-state index in [1.54, 1.807) is 0 Å². The molecule has 1 fully saturated rings. The van der Waals surface area contributed by atoms with Gasteiger partial charge in [-0.1, -0.05) is 19.1 Å². The predicted octanol–water partition coefficient (Wildman–Crippen LogP) is 3.58. The molecule has 1 aliphatic rings. The van der Waals surface area contributed by atoms with Gasteiger partial charge in [0.15, 0.2) is 0 Å². The summed E-state index contributed by atoms with van der Waals surface area (Å²) in [6.45, 7) is 5.52. The third kappa shape index (κ3) is 2.81. The maximum absolute atomic E-state index is 4.63. The smallest absolute Gasteiger partial charge is 0.0936 e. The van der Waals surface area contributed by atoms with Gasteiger partial charge in [0.05, 0.1) is 11.2 Å². The molecule has 2 aromatic rings. The first-order valence-electron chi connectivity index (χ1n) is 7.30. The molecule has 0 amide bonds. The molecular formula is C16H20BrN3. The van der Waals surface area contributed by atoms with Crippen molar-refractivity contribution < 1.29 is 0 Å². The van der Waals surface area contributed by atoms with Crippen LogP contribution >= 0.6 is 15.9 Å².